The Bertz CT molecular complexity index is 1420. The number of nitrogens with zero attached hydrogens (tertiary/aromatic N) is 2. The van der Waals surface area contributed by atoms with Gasteiger partial charge in [0, 0.05) is 11.8 Å². The fourth-order valence-electron chi connectivity index (χ4n) is 6.79. The van der Waals surface area contributed by atoms with Gasteiger partial charge in [-0.15, -0.1) is 0 Å². The molecule has 0 aromatic carbocycles. The molecule has 2 heterocycles. The fourth-order valence-corrected chi connectivity index (χ4v) is 11.6. The van der Waals surface area contributed by atoms with Gasteiger partial charge in [0.1, 0.15) is 17.3 Å². The smallest absolute Gasteiger partial charge is 0.114 e. The van der Waals surface area contributed by atoms with E-state index in [1.807, 2.05) is 0 Å². The van der Waals surface area contributed by atoms with E-state index >= 15 is 0 Å². The molecule has 2 unspecified atom stereocenters. The van der Waals surface area contributed by atoms with Crippen LogP contribution in [0.5, 0.6) is 0 Å². The minimum atomic E-state index is -2.07. The minimum absolute atomic E-state index is 0.345. The van der Waals surface area contributed by atoms with Crippen molar-refractivity contribution in [2.75, 3.05) is 0 Å². The number of hydrogen-bond acceptors (Lipinski definition) is 2. The van der Waals surface area contributed by atoms with Crippen molar-refractivity contribution in [1.82, 2.24) is 9.97 Å². The summed E-state index contributed by atoms with van der Waals surface area (Å²) in [5.74, 6) is 0.690. The van der Waals surface area contributed by atoms with E-state index in [4.69, 9.17) is 9.97 Å². The molecule has 0 saturated heterocycles. The zero-order chi connectivity index (χ0) is 24.8. The summed E-state index contributed by atoms with van der Waals surface area (Å²) in [5.41, 5.74) is 13.4. The van der Waals surface area contributed by atoms with Crippen molar-refractivity contribution < 1.29 is 0 Å². The molecule has 176 valence electrons. The number of halogens is 2. The molecule has 0 radical (unpaired) electrons. The van der Waals surface area contributed by atoms with Crippen LogP contribution in [-0.4, -0.2) is 18.0 Å². The SMILES string of the molecule is CC1=C([Si](C)(C)C2=C(C)C=C3C2=Cc2nc(Br)ccc2C3C)C2=Cc3nc(Br)ccc3C(C)C2=C1. The highest BCUT2D eigenvalue weighted by Gasteiger charge is 2.44. The zero-order valence-corrected chi connectivity index (χ0v) is 25.1. The average molecular weight is 604 g/mol. The maximum atomic E-state index is 4.85. The van der Waals surface area contributed by atoms with Crippen molar-refractivity contribution >= 4 is 52.1 Å². The largest absolute Gasteiger partial charge is 0.241 e. The van der Waals surface area contributed by atoms with Gasteiger partial charge in [0.25, 0.3) is 0 Å². The first kappa shape index (κ1) is 23.3. The quantitative estimate of drug-likeness (QED) is 0.253. The van der Waals surface area contributed by atoms with Gasteiger partial charge in [-0.2, -0.15) is 0 Å². The number of fused-ring (bicyclic) bond motifs is 4. The van der Waals surface area contributed by atoms with Crippen LogP contribution in [0.1, 0.15) is 62.0 Å². The summed E-state index contributed by atoms with van der Waals surface area (Å²) >= 11 is 7.17. The highest BCUT2D eigenvalue weighted by Crippen LogP contribution is 2.54. The Morgan fingerprint density at radius 1 is 0.657 bits per heavy atom. The van der Waals surface area contributed by atoms with E-state index in [1.54, 1.807) is 10.4 Å². The minimum Gasteiger partial charge on any atom is -0.241 e. The summed E-state index contributed by atoms with van der Waals surface area (Å²) in [5, 5.41) is 3.11. The van der Waals surface area contributed by atoms with Gasteiger partial charge in [-0.3, -0.25) is 0 Å². The van der Waals surface area contributed by atoms with E-state index in [2.05, 4.69) is 121 Å². The third kappa shape index (κ3) is 3.38. The molecule has 0 aliphatic heterocycles. The van der Waals surface area contributed by atoms with Crippen LogP contribution < -0.4 is 0 Å². The van der Waals surface area contributed by atoms with Gasteiger partial charge in [-0.1, -0.05) is 62.4 Å². The van der Waals surface area contributed by atoms with Gasteiger partial charge in [0.15, 0.2) is 0 Å². The molecule has 0 saturated carbocycles. The molecule has 2 nitrogen and oxygen atoms in total. The summed E-state index contributed by atoms with van der Waals surface area (Å²) in [6, 6.07) is 8.56. The lowest BCUT2D eigenvalue weighted by molar-refractivity contribution is 0.883. The van der Waals surface area contributed by atoms with Crippen LogP contribution in [0.4, 0.5) is 0 Å². The predicted octanol–water partition coefficient (Wildman–Crippen LogP) is 9.00. The average Bonchev–Trinajstić information content (AvgIpc) is 3.30. The van der Waals surface area contributed by atoms with Crippen LogP contribution in [0, 0.1) is 0 Å². The van der Waals surface area contributed by atoms with E-state index in [1.165, 1.54) is 44.6 Å². The lowest BCUT2D eigenvalue weighted by Crippen LogP contribution is -2.35. The van der Waals surface area contributed by atoms with E-state index in [-0.39, 0.29) is 0 Å². The van der Waals surface area contributed by atoms with Crippen molar-refractivity contribution in [3.05, 3.63) is 112 Å². The first-order chi connectivity index (χ1) is 16.6. The molecule has 0 bridgehead atoms. The van der Waals surface area contributed by atoms with E-state index < -0.39 is 8.07 Å². The number of rotatable bonds is 2. The van der Waals surface area contributed by atoms with Crippen LogP contribution in [0.15, 0.2) is 89.5 Å². The zero-order valence-electron chi connectivity index (χ0n) is 20.9. The van der Waals surface area contributed by atoms with Crippen molar-refractivity contribution in [3.8, 4) is 0 Å². The third-order valence-electron chi connectivity index (χ3n) is 8.22. The Morgan fingerprint density at radius 2 is 1.06 bits per heavy atom. The number of aromatic nitrogens is 2. The van der Waals surface area contributed by atoms with Crippen LogP contribution in [0.2, 0.25) is 13.1 Å². The topological polar surface area (TPSA) is 25.8 Å². The van der Waals surface area contributed by atoms with Gasteiger partial charge in [-0.05, 0) is 114 Å². The molecule has 2 aromatic rings. The summed E-state index contributed by atoms with van der Waals surface area (Å²) < 4.78 is 1.79. The van der Waals surface area contributed by atoms with Gasteiger partial charge < -0.3 is 0 Å². The highest BCUT2D eigenvalue weighted by atomic mass is 79.9. The van der Waals surface area contributed by atoms with Gasteiger partial charge in [0.2, 0.25) is 0 Å². The molecule has 0 spiro atoms. The maximum Gasteiger partial charge on any atom is 0.114 e. The molecular formula is C30H28Br2N2Si. The summed E-state index contributed by atoms with van der Waals surface area (Å²) in [7, 11) is -2.07. The maximum absolute atomic E-state index is 4.85. The monoisotopic (exact) mass is 602 g/mol. The van der Waals surface area contributed by atoms with E-state index in [9.17, 15) is 0 Å². The first-order valence-corrected chi connectivity index (χ1v) is 16.8. The lowest BCUT2D eigenvalue weighted by atomic mass is 9.83. The molecule has 0 fully saturated rings. The molecule has 2 aromatic heterocycles. The Labute approximate surface area is 225 Å². The molecular weight excluding hydrogens is 576 g/mol. The molecule has 2 atom stereocenters. The standard InChI is InChI=1S/C30H28Br2N2Si/c1-15-11-21-17(3)19-7-9-27(31)33-25(19)13-23(21)29(15)35(5,6)30-16(2)12-22-18(4)20-8-10-28(32)34-26(20)14-24(22)30/h7-14,17-18H,1-6H3. The fraction of sp³-hybridized carbons (Fsp3) is 0.267. The van der Waals surface area contributed by atoms with Crippen LogP contribution in [0.3, 0.4) is 0 Å². The van der Waals surface area contributed by atoms with Crippen molar-refractivity contribution in [2.45, 2.75) is 52.6 Å². The predicted molar refractivity (Wildman–Crippen MR) is 156 cm³/mol. The Balaban J connectivity index is 1.49. The summed E-state index contributed by atoms with van der Waals surface area (Å²) in [6.45, 7) is 14.3. The lowest BCUT2D eigenvalue weighted by Gasteiger charge is -2.35. The van der Waals surface area contributed by atoms with Crippen LogP contribution in [-0.2, 0) is 0 Å². The van der Waals surface area contributed by atoms with E-state index in [0.717, 1.165) is 20.6 Å². The van der Waals surface area contributed by atoms with E-state index in [0.29, 0.717) is 11.8 Å². The molecule has 4 aliphatic rings. The molecule has 4 aliphatic carbocycles. The second-order valence-electron chi connectivity index (χ2n) is 10.7. The summed E-state index contributed by atoms with van der Waals surface area (Å²) in [6.07, 6.45) is 9.57. The molecule has 6 rings (SSSR count). The molecule has 5 heteroatoms. The van der Waals surface area contributed by atoms with Gasteiger partial charge in [-0.25, -0.2) is 9.97 Å². The Morgan fingerprint density at radius 3 is 1.46 bits per heavy atom. The number of hydrogen-bond donors (Lipinski definition) is 0. The third-order valence-corrected chi connectivity index (χ3v) is 12.9. The number of allylic oxidation sites excluding steroid dienone is 10. The molecule has 35 heavy (non-hydrogen) atoms. The van der Waals surface area contributed by atoms with Gasteiger partial charge in [0.05, 0.1) is 11.4 Å². The second kappa shape index (κ2) is 7.96. The van der Waals surface area contributed by atoms with Gasteiger partial charge >= 0.3 is 0 Å². The van der Waals surface area contributed by atoms with Crippen LogP contribution in [0.25, 0.3) is 12.2 Å². The van der Waals surface area contributed by atoms with Crippen molar-refractivity contribution in [2.24, 2.45) is 0 Å². The first-order valence-electron chi connectivity index (χ1n) is 12.2. The normalized spacial score (nSPS) is 22.7. The summed E-state index contributed by atoms with van der Waals surface area (Å²) in [4.78, 5) is 9.69. The second-order valence-corrected chi connectivity index (χ2v) is 16.6. The van der Waals surface area contributed by atoms with Crippen molar-refractivity contribution in [1.29, 1.82) is 0 Å². The Kier molecular flexibility index (Phi) is 5.30. The molecule has 0 amide bonds. The Hall–Kier alpha value is -2.08. The highest BCUT2D eigenvalue weighted by molar-refractivity contribution is 9.10. The molecule has 0 N–H and O–H groups in total. The number of pyridine rings is 2. The van der Waals surface area contributed by atoms with Crippen LogP contribution >= 0.6 is 31.9 Å². The van der Waals surface area contributed by atoms with Crippen molar-refractivity contribution in [3.63, 3.8) is 0 Å².